The Balaban J connectivity index is 2.46. The molecule has 1 aromatic carbocycles. The van der Waals surface area contributed by atoms with E-state index in [9.17, 15) is 0 Å². The highest BCUT2D eigenvalue weighted by Gasteiger charge is 2.26. The minimum atomic E-state index is -0.438. The van der Waals surface area contributed by atoms with Crippen molar-refractivity contribution in [2.75, 3.05) is 0 Å². The van der Waals surface area contributed by atoms with E-state index >= 15 is 0 Å². The van der Waals surface area contributed by atoms with Gasteiger partial charge in [0.1, 0.15) is 0 Å². The van der Waals surface area contributed by atoms with Crippen LogP contribution < -0.4 is 5.73 Å². The molecular weight excluding hydrogens is 282 g/mol. The molecule has 0 amide bonds. The van der Waals surface area contributed by atoms with Gasteiger partial charge < -0.3 is 5.73 Å². The SMILES string of the molecule is Cc1ccc(C(C)(N)c2cscc2Br)cc1. The second-order valence-electron chi connectivity index (χ2n) is 4.20. The van der Waals surface area contributed by atoms with E-state index in [1.165, 1.54) is 5.56 Å². The van der Waals surface area contributed by atoms with Gasteiger partial charge in [-0.2, -0.15) is 11.3 Å². The van der Waals surface area contributed by atoms with Crippen LogP contribution in [0.1, 0.15) is 23.6 Å². The van der Waals surface area contributed by atoms with Gasteiger partial charge in [0.25, 0.3) is 0 Å². The number of hydrogen-bond donors (Lipinski definition) is 1. The number of aryl methyl sites for hydroxylation is 1. The molecule has 0 aliphatic heterocycles. The van der Waals surface area contributed by atoms with Crippen molar-refractivity contribution < 1.29 is 0 Å². The van der Waals surface area contributed by atoms with E-state index in [0.29, 0.717) is 0 Å². The minimum Gasteiger partial charge on any atom is -0.318 e. The first kappa shape index (κ1) is 11.8. The molecule has 3 heteroatoms. The summed E-state index contributed by atoms with van der Waals surface area (Å²) in [6, 6.07) is 8.39. The van der Waals surface area contributed by atoms with Crippen molar-refractivity contribution in [3.8, 4) is 0 Å². The first-order valence-corrected chi connectivity index (χ1v) is 6.83. The quantitative estimate of drug-likeness (QED) is 0.889. The molecule has 0 saturated heterocycles. The first-order valence-electron chi connectivity index (χ1n) is 5.10. The third-order valence-electron chi connectivity index (χ3n) is 2.83. The smallest absolute Gasteiger partial charge is 0.0656 e. The Hall–Kier alpha value is -0.640. The van der Waals surface area contributed by atoms with Crippen LogP contribution in [0.25, 0.3) is 0 Å². The molecule has 1 nitrogen and oxygen atoms in total. The first-order chi connectivity index (χ1) is 7.51. The van der Waals surface area contributed by atoms with Gasteiger partial charge in [0.05, 0.1) is 5.54 Å². The number of nitrogens with two attached hydrogens (primary N) is 1. The Labute approximate surface area is 108 Å². The Bertz CT molecular complexity index is 485. The summed E-state index contributed by atoms with van der Waals surface area (Å²) in [6.07, 6.45) is 0. The van der Waals surface area contributed by atoms with E-state index in [4.69, 9.17) is 5.73 Å². The van der Waals surface area contributed by atoms with Gasteiger partial charge in [-0.25, -0.2) is 0 Å². The molecule has 0 radical (unpaired) electrons. The van der Waals surface area contributed by atoms with Crippen molar-refractivity contribution in [3.63, 3.8) is 0 Å². The molecular formula is C13H14BrNS. The van der Waals surface area contributed by atoms with Gasteiger partial charge in [0.15, 0.2) is 0 Å². The summed E-state index contributed by atoms with van der Waals surface area (Å²) in [5.41, 5.74) is 9.52. The normalized spacial score (nSPS) is 14.8. The van der Waals surface area contributed by atoms with Crippen LogP contribution in [0.4, 0.5) is 0 Å². The number of hydrogen-bond acceptors (Lipinski definition) is 2. The number of halogens is 1. The van der Waals surface area contributed by atoms with Crippen LogP contribution >= 0.6 is 27.3 Å². The van der Waals surface area contributed by atoms with Gasteiger partial charge >= 0.3 is 0 Å². The number of thiophene rings is 1. The molecule has 84 valence electrons. The Morgan fingerprint density at radius 1 is 1.19 bits per heavy atom. The lowest BCUT2D eigenvalue weighted by molar-refractivity contribution is 0.602. The average molecular weight is 296 g/mol. The van der Waals surface area contributed by atoms with E-state index in [-0.39, 0.29) is 0 Å². The second kappa shape index (κ2) is 4.32. The summed E-state index contributed by atoms with van der Waals surface area (Å²) in [5, 5.41) is 4.17. The second-order valence-corrected chi connectivity index (χ2v) is 5.80. The molecule has 0 aliphatic carbocycles. The minimum absolute atomic E-state index is 0.438. The van der Waals surface area contributed by atoms with Gasteiger partial charge in [-0.15, -0.1) is 0 Å². The highest BCUT2D eigenvalue weighted by Crippen LogP contribution is 2.34. The zero-order valence-electron chi connectivity index (χ0n) is 9.33. The Kier molecular flexibility index (Phi) is 3.19. The molecule has 2 N–H and O–H groups in total. The molecule has 1 aromatic heterocycles. The van der Waals surface area contributed by atoms with Crippen molar-refractivity contribution in [1.29, 1.82) is 0 Å². The largest absolute Gasteiger partial charge is 0.318 e. The van der Waals surface area contributed by atoms with Crippen molar-refractivity contribution in [1.82, 2.24) is 0 Å². The van der Waals surface area contributed by atoms with E-state index in [1.807, 2.05) is 6.92 Å². The summed E-state index contributed by atoms with van der Waals surface area (Å²) in [4.78, 5) is 0. The van der Waals surface area contributed by atoms with Crippen LogP contribution in [0.15, 0.2) is 39.5 Å². The Morgan fingerprint density at radius 3 is 2.31 bits per heavy atom. The fourth-order valence-corrected chi connectivity index (χ4v) is 3.53. The van der Waals surface area contributed by atoms with Gasteiger partial charge in [-0.05, 0) is 40.7 Å². The van der Waals surface area contributed by atoms with Crippen LogP contribution in [-0.4, -0.2) is 0 Å². The molecule has 0 saturated carbocycles. The molecule has 1 unspecified atom stereocenters. The number of benzene rings is 1. The van der Waals surface area contributed by atoms with Gasteiger partial charge in [0.2, 0.25) is 0 Å². The lowest BCUT2D eigenvalue weighted by Crippen LogP contribution is -2.34. The number of rotatable bonds is 2. The summed E-state index contributed by atoms with van der Waals surface area (Å²) < 4.78 is 1.09. The molecule has 0 bridgehead atoms. The lowest BCUT2D eigenvalue weighted by Gasteiger charge is -2.25. The molecule has 1 atom stereocenters. The molecule has 0 aliphatic rings. The molecule has 2 aromatic rings. The van der Waals surface area contributed by atoms with Crippen LogP contribution in [0, 0.1) is 6.92 Å². The lowest BCUT2D eigenvalue weighted by atomic mass is 9.87. The topological polar surface area (TPSA) is 26.0 Å². The highest BCUT2D eigenvalue weighted by molar-refractivity contribution is 9.10. The van der Waals surface area contributed by atoms with Crippen molar-refractivity contribution in [3.05, 3.63) is 56.2 Å². The van der Waals surface area contributed by atoms with E-state index in [0.717, 1.165) is 15.6 Å². The van der Waals surface area contributed by atoms with Crippen LogP contribution in [0.3, 0.4) is 0 Å². The van der Waals surface area contributed by atoms with Crippen LogP contribution in [0.5, 0.6) is 0 Å². The Morgan fingerprint density at radius 2 is 1.81 bits per heavy atom. The van der Waals surface area contributed by atoms with Gasteiger partial charge in [-0.1, -0.05) is 29.8 Å². The maximum absolute atomic E-state index is 6.43. The predicted octanol–water partition coefficient (Wildman–Crippen LogP) is 4.04. The molecule has 16 heavy (non-hydrogen) atoms. The van der Waals surface area contributed by atoms with E-state index in [2.05, 4.69) is 57.9 Å². The zero-order chi connectivity index (χ0) is 11.8. The van der Waals surface area contributed by atoms with Crippen LogP contribution in [0.2, 0.25) is 0 Å². The average Bonchev–Trinajstić information content (AvgIpc) is 2.66. The van der Waals surface area contributed by atoms with Crippen molar-refractivity contribution in [2.24, 2.45) is 5.73 Å². The predicted molar refractivity (Wildman–Crippen MR) is 73.8 cm³/mol. The van der Waals surface area contributed by atoms with Crippen molar-refractivity contribution in [2.45, 2.75) is 19.4 Å². The third-order valence-corrected chi connectivity index (χ3v) is 4.53. The summed E-state index contributed by atoms with van der Waals surface area (Å²) in [6.45, 7) is 4.13. The van der Waals surface area contributed by atoms with E-state index in [1.54, 1.807) is 11.3 Å². The fraction of sp³-hybridized carbons (Fsp3) is 0.231. The molecule has 2 rings (SSSR count). The summed E-state index contributed by atoms with van der Waals surface area (Å²) in [5.74, 6) is 0. The molecule has 0 spiro atoms. The summed E-state index contributed by atoms with van der Waals surface area (Å²) in [7, 11) is 0. The zero-order valence-corrected chi connectivity index (χ0v) is 11.7. The summed E-state index contributed by atoms with van der Waals surface area (Å²) >= 11 is 5.21. The third kappa shape index (κ3) is 2.08. The molecule has 0 fully saturated rings. The highest BCUT2D eigenvalue weighted by atomic mass is 79.9. The van der Waals surface area contributed by atoms with Crippen LogP contribution in [-0.2, 0) is 5.54 Å². The monoisotopic (exact) mass is 295 g/mol. The van der Waals surface area contributed by atoms with Gasteiger partial charge in [0, 0.05) is 15.4 Å². The maximum Gasteiger partial charge on any atom is 0.0656 e. The molecule has 1 heterocycles. The van der Waals surface area contributed by atoms with Crippen molar-refractivity contribution >= 4 is 27.3 Å². The standard InChI is InChI=1S/C13H14BrNS/c1-9-3-5-10(6-4-9)13(2,15)11-7-16-8-12(11)14/h3-8H,15H2,1-2H3. The van der Waals surface area contributed by atoms with E-state index < -0.39 is 5.54 Å². The van der Waals surface area contributed by atoms with Gasteiger partial charge in [-0.3, -0.25) is 0 Å². The fourth-order valence-electron chi connectivity index (χ4n) is 1.71. The maximum atomic E-state index is 6.43.